The maximum absolute atomic E-state index is 12.9. The van der Waals surface area contributed by atoms with Gasteiger partial charge in [0.15, 0.2) is 0 Å². The number of pyridine rings is 1. The molecular formula is C18H24ClN3O4. The molecule has 1 spiro atoms. The largest absolute Gasteiger partial charge is 0.444 e. The average molecular weight is 382 g/mol. The van der Waals surface area contributed by atoms with Gasteiger partial charge in [-0.2, -0.15) is 0 Å². The van der Waals surface area contributed by atoms with Crippen LogP contribution in [0.15, 0.2) is 18.5 Å². The third-order valence-electron chi connectivity index (χ3n) is 4.45. The zero-order valence-electron chi connectivity index (χ0n) is 15.3. The number of ether oxygens (including phenoxy) is 2. The van der Waals surface area contributed by atoms with Crippen LogP contribution in [0.4, 0.5) is 4.79 Å². The molecule has 26 heavy (non-hydrogen) atoms. The third-order valence-corrected chi connectivity index (χ3v) is 4.79. The number of aromatic nitrogens is 1. The summed E-state index contributed by atoms with van der Waals surface area (Å²) in [6, 6.07) is 1.000. The van der Waals surface area contributed by atoms with Crippen molar-refractivity contribution in [2.45, 2.75) is 38.8 Å². The van der Waals surface area contributed by atoms with E-state index in [0.717, 1.165) is 5.56 Å². The van der Waals surface area contributed by atoms with Crippen LogP contribution in [0.3, 0.4) is 0 Å². The van der Waals surface area contributed by atoms with E-state index in [2.05, 4.69) is 10.3 Å². The third kappa shape index (κ3) is 4.27. The SMILES string of the molecule is CC(C)(C)OC(=O)N[C@@H](Cc1ccncc1Cl)C(=O)N1CC2(COC2)C1. The Bertz CT molecular complexity index is 692. The Labute approximate surface area is 158 Å². The molecule has 2 aliphatic rings. The summed E-state index contributed by atoms with van der Waals surface area (Å²) in [4.78, 5) is 30.8. The second-order valence-corrected chi connectivity index (χ2v) is 8.46. The molecule has 0 aromatic carbocycles. The predicted octanol–water partition coefficient (Wildman–Crippen LogP) is 2.03. The minimum atomic E-state index is -0.747. The fraction of sp³-hybridized carbons (Fsp3) is 0.611. The van der Waals surface area contributed by atoms with E-state index in [1.54, 1.807) is 37.9 Å². The van der Waals surface area contributed by atoms with Gasteiger partial charge in [0.2, 0.25) is 5.91 Å². The van der Waals surface area contributed by atoms with Gasteiger partial charge in [-0.15, -0.1) is 0 Å². The Kier molecular flexibility index (Phi) is 5.12. The Hall–Kier alpha value is -1.86. The van der Waals surface area contributed by atoms with E-state index >= 15 is 0 Å². The number of hydrogen-bond acceptors (Lipinski definition) is 5. The van der Waals surface area contributed by atoms with Gasteiger partial charge in [0.1, 0.15) is 11.6 Å². The molecule has 1 atom stereocenters. The number of alkyl carbamates (subject to hydrolysis) is 1. The molecule has 2 saturated heterocycles. The van der Waals surface area contributed by atoms with Gasteiger partial charge in [-0.25, -0.2) is 4.79 Å². The van der Waals surface area contributed by atoms with Crippen molar-refractivity contribution in [3.05, 3.63) is 29.0 Å². The molecule has 1 aromatic rings. The second-order valence-electron chi connectivity index (χ2n) is 8.06. The predicted molar refractivity (Wildman–Crippen MR) is 95.9 cm³/mol. The van der Waals surface area contributed by atoms with Gasteiger partial charge in [-0.1, -0.05) is 11.6 Å². The highest BCUT2D eigenvalue weighted by molar-refractivity contribution is 6.31. The Morgan fingerprint density at radius 3 is 2.65 bits per heavy atom. The molecule has 2 fully saturated rings. The number of halogens is 1. The standard InChI is InChI=1S/C18H24ClN3O4/c1-17(2,3)26-16(24)21-14(6-12-4-5-20-7-13(12)19)15(23)22-8-18(9-22)10-25-11-18/h4-5,7,14H,6,8-11H2,1-3H3,(H,21,24)/t14-/m0/s1. The lowest BCUT2D eigenvalue weighted by Gasteiger charge is -2.55. The van der Waals surface area contributed by atoms with E-state index in [4.69, 9.17) is 21.1 Å². The van der Waals surface area contributed by atoms with Crippen LogP contribution in [-0.2, 0) is 20.7 Å². The molecule has 0 bridgehead atoms. The highest BCUT2D eigenvalue weighted by Gasteiger charge is 2.51. The highest BCUT2D eigenvalue weighted by atomic mass is 35.5. The van der Waals surface area contributed by atoms with Crippen molar-refractivity contribution >= 4 is 23.6 Å². The number of carbonyl (C=O) groups excluding carboxylic acids is 2. The highest BCUT2D eigenvalue weighted by Crippen LogP contribution is 2.37. The van der Waals surface area contributed by atoms with Crippen molar-refractivity contribution < 1.29 is 19.1 Å². The van der Waals surface area contributed by atoms with Crippen LogP contribution >= 0.6 is 11.6 Å². The van der Waals surface area contributed by atoms with Crippen molar-refractivity contribution in [2.24, 2.45) is 5.41 Å². The minimum absolute atomic E-state index is 0.112. The van der Waals surface area contributed by atoms with Crippen LogP contribution < -0.4 is 5.32 Å². The molecule has 0 aliphatic carbocycles. The average Bonchev–Trinajstić information content (AvgIpc) is 2.43. The lowest BCUT2D eigenvalue weighted by Crippen LogP contribution is -2.69. The first kappa shape index (κ1) is 18.9. The monoisotopic (exact) mass is 381 g/mol. The van der Waals surface area contributed by atoms with Gasteiger partial charge in [0, 0.05) is 31.9 Å². The zero-order chi connectivity index (χ0) is 18.9. The van der Waals surface area contributed by atoms with Crippen LogP contribution in [0.1, 0.15) is 26.3 Å². The molecule has 0 unspecified atom stereocenters. The fourth-order valence-electron chi connectivity index (χ4n) is 3.15. The summed E-state index contributed by atoms with van der Waals surface area (Å²) in [6.45, 7) is 8.02. The van der Waals surface area contributed by atoms with Crippen LogP contribution in [-0.4, -0.2) is 59.8 Å². The van der Waals surface area contributed by atoms with Gasteiger partial charge in [0.25, 0.3) is 0 Å². The summed E-state index contributed by atoms with van der Waals surface area (Å²) in [7, 11) is 0. The molecule has 8 heteroatoms. The quantitative estimate of drug-likeness (QED) is 0.863. The van der Waals surface area contributed by atoms with E-state index in [9.17, 15) is 9.59 Å². The van der Waals surface area contributed by atoms with E-state index in [1.807, 2.05) is 0 Å². The molecule has 142 valence electrons. The minimum Gasteiger partial charge on any atom is -0.444 e. The molecule has 7 nitrogen and oxygen atoms in total. The lowest BCUT2D eigenvalue weighted by molar-refractivity contribution is -0.196. The summed E-state index contributed by atoms with van der Waals surface area (Å²) in [5.74, 6) is -0.138. The first-order valence-electron chi connectivity index (χ1n) is 8.62. The van der Waals surface area contributed by atoms with E-state index in [-0.39, 0.29) is 17.7 Å². The molecule has 2 amide bonds. The lowest BCUT2D eigenvalue weighted by atomic mass is 9.77. The van der Waals surface area contributed by atoms with Crippen LogP contribution in [0.2, 0.25) is 5.02 Å². The number of likely N-dealkylation sites (tertiary alicyclic amines) is 1. The van der Waals surface area contributed by atoms with Crippen LogP contribution in [0.5, 0.6) is 0 Å². The maximum Gasteiger partial charge on any atom is 0.408 e. The van der Waals surface area contributed by atoms with Gasteiger partial charge >= 0.3 is 6.09 Å². The number of carbonyl (C=O) groups is 2. The molecule has 2 aliphatic heterocycles. The summed E-state index contributed by atoms with van der Waals surface area (Å²) in [5, 5.41) is 3.16. The summed E-state index contributed by atoms with van der Waals surface area (Å²) >= 11 is 6.17. The van der Waals surface area contributed by atoms with Crippen molar-refractivity contribution in [1.29, 1.82) is 0 Å². The van der Waals surface area contributed by atoms with E-state index in [0.29, 0.717) is 31.3 Å². The number of nitrogens with zero attached hydrogens (tertiary/aromatic N) is 2. The van der Waals surface area contributed by atoms with Gasteiger partial charge in [-0.3, -0.25) is 9.78 Å². The number of amides is 2. The van der Waals surface area contributed by atoms with Crippen molar-refractivity contribution in [1.82, 2.24) is 15.2 Å². The van der Waals surface area contributed by atoms with Crippen LogP contribution in [0.25, 0.3) is 0 Å². The Morgan fingerprint density at radius 1 is 1.42 bits per heavy atom. The van der Waals surface area contributed by atoms with Gasteiger partial charge in [-0.05, 0) is 32.4 Å². The fourth-order valence-corrected chi connectivity index (χ4v) is 3.35. The number of hydrogen-bond donors (Lipinski definition) is 1. The van der Waals surface area contributed by atoms with Crippen molar-refractivity contribution in [3.8, 4) is 0 Å². The van der Waals surface area contributed by atoms with Crippen molar-refractivity contribution in [2.75, 3.05) is 26.3 Å². The zero-order valence-corrected chi connectivity index (χ0v) is 16.0. The summed E-state index contributed by atoms with van der Waals surface area (Å²) in [6.07, 6.45) is 2.79. The number of nitrogens with one attached hydrogen (secondary N) is 1. The number of rotatable bonds is 4. The molecule has 0 radical (unpaired) electrons. The molecule has 0 saturated carbocycles. The van der Waals surface area contributed by atoms with Crippen molar-refractivity contribution in [3.63, 3.8) is 0 Å². The van der Waals surface area contributed by atoms with Crippen LogP contribution in [0, 0.1) is 5.41 Å². The summed E-state index contributed by atoms with van der Waals surface area (Å²) in [5.41, 5.74) is 0.217. The summed E-state index contributed by atoms with van der Waals surface area (Å²) < 4.78 is 10.6. The second kappa shape index (κ2) is 7.04. The van der Waals surface area contributed by atoms with E-state index < -0.39 is 17.7 Å². The van der Waals surface area contributed by atoms with E-state index in [1.165, 1.54) is 6.20 Å². The van der Waals surface area contributed by atoms with Gasteiger partial charge in [0.05, 0.1) is 23.7 Å². The Morgan fingerprint density at radius 2 is 2.12 bits per heavy atom. The molecular weight excluding hydrogens is 358 g/mol. The molecule has 3 heterocycles. The van der Waals surface area contributed by atoms with Gasteiger partial charge < -0.3 is 19.7 Å². The molecule has 3 rings (SSSR count). The Balaban J connectivity index is 1.69. The normalized spacial score (nSPS) is 19.3. The first-order valence-corrected chi connectivity index (χ1v) is 9.00. The smallest absolute Gasteiger partial charge is 0.408 e. The topological polar surface area (TPSA) is 80.8 Å². The molecule has 1 aromatic heterocycles. The molecule has 1 N–H and O–H groups in total. The maximum atomic E-state index is 12.9. The first-order chi connectivity index (χ1) is 12.2.